The van der Waals surface area contributed by atoms with Gasteiger partial charge < -0.3 is 10.3 Å². The van der Waals surface area contributed by atoms with Crippen molar-refractivity contribution < 1.29 is 0 Å². The fourth-order valence-corrected chi connectivity index (χ4v) is 2.17. The SMILES string of the molecule is Clc1cnc([C@@H]2C[C@H]3C[C@H]3N2)[nH]1. The molecule has 3 nitrogen and oxygen atoms in total. The van der Waals surface area contributed by atoms with Crippen LogP contribution in [0.1, 0.15) is 24.7 Å². The van der Waals surface area contributed by atoms with E-state index in [9.17, 15) is 0 Å². The average Bonchev–Trinajstić information content (AvgIpc) is 2.49. The highest BCUT2D eigenvalue weighted by atomic mass is 35.5. The molecule has 1 saturated carbocycles. The minimum atomic E-state index is 0.418. The molecule has 0 radical (unpaired) electrons. The van der Waals surface area contributed by atoms with Crippen LogP contribution < -0.4 is 5.32 Å². The summed E-state index contributed by atoms with van der Waals surface area (Å²) in [5, 5.41) is 4.14. The summed E-state index contributed by atoms with van der Waals surface area (Å²) in [5.41, 5.74) is 0. The van der Waals surface area contributed by atoms with Gasteiger partial charge in [0.15, 0.2) is 0 Å². The van der Waals surface area contributed by atoms with Crippen LogP contribution in [0.2, 0.25) is 5.15 Å². The molecule has 4 heteroatoms. The number of nitrogens with one attached hydrogen (secondary N) is 2. The number of hydrogen-bond acceptors (Lipinski definition) is 2. The quantitative estimate of drug-likeness (QED) is 0.693. The molecule has 1 saturated heterocycles. The van der Waals surface area contributed by atoms with Crippen molar-refractivity contribution in [3.8, 4) is 0 Å². The van der Waals surface area contributed by atoms with Crippen LogP contribution in [-0.2, 0) is 0 Å². The largest absolute Gasteiger partial charge is 0.332 e. The van der Waals surface area contributed by atoms with Crippen molar-refractivity contribution in [1.29, 1.82) is 0 Å². The summed E-state index contributed by atoms with van der Waals surface area (Å²) >= 11 is 5.74. The Morgan fingerprint density at radius 2 is 2.42 bits per heavy atom. The molecule has 64 valence electrons. The molecule has 0 amide bonds. The number of rotatable bonds is 1. The second-order valence-corrected chi connectivity index (χ2v) is 4.08. The summed E-state index contributed by atoms with van der Waals surface area (Å²) < 4.78 is 0. The summed E-state index contributed by atoms with van der Waals surface area (Å²) in [6.07, 6.45) is 4.24. The van der Waals surface area contributed by atoms with E-state index in [1.807, 2.05) is 0 Å². The topological polar surface area (TPSA) is 40.7 Å². The van der Waals surface area contributed by atoms with E-state index in [-0.39, 0.29) is 0 Å². The first-order valence-corrected chi connectivity index (χ1v) is 4.67. The van der Waals surface area contributed by atoms with E-state index in [0.717, 1.165) is 17.8 Å². The molecule has 1 aliphatic carbocycles. The third-order valence-electron chi connectivity index (χ3n) is 2.77. The molecule has 3 rings (SSSR count). The first-order valence-electron chi connectivity index (χ1n) is 4.29. The molecule has 1 aliphatic heterocycles. The highest BCUT2D eigenvalue weighted by molar-refractivity contribution is 6.29. The van der Waals surface area contributed by atoms with Crippen LogP contribution in [0, 0.1) is 5.92 Å². The molecule has 0 spiro atoms. The maximum absolute atomic E-state index is 5.74. The second kappa shape index (κ2) is 2.24. The summed E-state index contributed by atoms with van der Waals surface area (Å²) in [6.45, 7) is 0. The first-order chi connectivity index (χ1) is 5.83. The van der Waals surface area contributed by atoms with Crippen LogP contribution in [0.5, 0.6) is 0 Å². The molecule has 2 N–H and O–H groups in total. The number of hydrogen-bond donors (Lipinski definition) is 2. The van der Waals surface area contributed by atoms with E-state index < -0.39 is 0 Å². The van der Waals surface area contributed by atoms with E-state index in [0.29, 0.717) is 11.2 Å². The highest BCUT2D eigenvalue weighted by Gasteiger charge is 2.46. The van der Waals surface area contributed by atoms with E-state index in [4.69, 9.17) is 11.6 Å². The maximum atomic E-state index is 5.74. The predicted molar refractivity (Wildman–Crippen MR) is 46.0 cm³/mol. The lowest BCUT2D eigenvalue weighted by Crippen LogP contribution is -2.18. The van der Waals surface area contributed by atoms with Gasteiger partial charge in [0.25, 0.3) is 0 Å². The Labute approximate surface area is 75.5 Å². The lowest BCUT2D eigenvalue weighted by molar-refractivity contribution is 0.543. The Balaban J connectivity index is 1.81. The van der Waals surface area contributed by atoms with Crippen LogP contribution >= 0.6 is 11.6 Å². The van der Waals surface area contributed by atoms with Gasteiger partial charge in [-0.2, -0.15) is 0 Å². The van der Waals surface area contributed by atoms with E-state index >= 15 is 0 Å². The summed E-state index contributed by atoms with van der Waals surface area (Å²) in [7, 11) is 0. The number of H-pyrrole nitrogens is 1. The number of halogens is 1. The minimum Gasteiger partial charge on any atom is -0.332 e. The summed E-state index contributed by atoms with van der Waals surface area (Å²) in [6, 6.07) is 1.18. The Morgan fingerprint density at radius 1 is 1.50 bits per heavy atom. The van der Waals surface area contributed by atoms with Gasteiger partial charge in [0.2, 0.25) is 0 Å². The van der Waals surface area contributed by atoms with Crippen molar-refractivity contribution in [2.45, 2.75) is 24.9 Å². The van der Waals surface area contributed by atoms with E-state index in [1.54, 1.807) is 6.20 Å². The molecule has 0 unspecified atom stereocenters. The van der Waals surface area contributed by atoms with Crippen molar-refractivity contribution in [2.24, 2.45) is 5.92 Å². The Bertz CT molecular complexity index is 299. The Hall–Kier alpha value is -0.540. The van der Waals surface area contributed by atoms with Gasteiger partial charge >= 0.3 is 0 Å². The van der Waals surface area contributed by atoms with Gasteiger partial charge in [0, 0.05) is 6.04 Å². The normalized spacial score (nSPS) is 38.2. The van der Waals surface area contributed by atoms with Gasteiger partial charge in [-0.15, -0.1) is 0 Å². The minimum absolute atomic E-state index is 0.418. The zero-order chi connectivity index (χ0) is 8.13. The van der Waals surface area contributed by atoms with Crippen LogP contribution in [-0.4, -0.2) is 16.0 Å². The molecule has 2 aliphatic rings. The van der Waals surface area contributed by atoms with Gasteiger partial charge in [-0.05, 0) is 18.8 Å². The van der Waals surface area contributed by atoms with Gasteiger partial charge in [-0.25, -0.2) is 4.98 Å². The molecule has 2 fully saturated rings. The summed E-state index contributed by atoms with van der Waals surface area (Å²) in [5.74, 6) is 1.89. The van der Waals surface area contributed by atoms with Crippen molar-refractivity contribution in [2.75, 3.05) is 0 Å². The lowest BCUT2D eigenvalue weighted by atomic mass is 10.2. The van der Waals surface area contributed by atoms with Crippen molar-refractivity contribution in [3.05, 3.63) is 17.2 Å². The molecule has 1 aromatic heterocycles. The average molecular weight is 184 g/mol. The second-order valence-electron chi connectivity index (χ2n) is 3.67. The van der Waals surface area contributed by atoms with Gasteiger partial charge in [0.1, 0.15) is 11.0 Å². The number of fused-ring (bicyclic) bond motifs is 1. The zero-order valence-corrected chi connectivity index (χ0v) is 7.30. The summed E-state index contributed by atoms with van der Waals surface area (Å²) in [4.78, 5) is 7.25. The fraction of sp³-hybridized carbons (Fsp3) is 0.625. The number of piperidine rings is 1. The molecule has 0 bridgehead atoms. The first kappa shape index (κ1) is 6.92. The highest BCUT2D eigenvalue weighted by Crippen LogP contribution is 2.45. The third kappa shape index (κ3) is 0.967. The monoisotopic (exact) mass is 183 g/mol. The lowest BCUT2D eigenvalue weighted by Gasteiger charge is -2.08. The van der Waals surface area contributed by atoms with Crippen LogP contribution in [0.15, 0.2) is 6.20 Å². The van der Waals surface area contributed by atoms with Crippen molar-refractivity contribution in [3.63, 3.8) is 0 Å². The predicted octanol–water partition coefficient (Wildman–Crippen LogP) is 1.49. The maximum Gasteiger partial charge on any atom is 0.126 e. The van der Waals surface area contributed by atoms with E-state index in [2.05, 4.69) is 15.3 Å². The number of imidazole rings is 1. The molecule has 1 aromatic rings. The number of nitrogens with zero attached hydrogens (tertiary/aromatic N) is 1. The molecule has 12 heavy (non-hydrogen) atoms. The van der Waals surface area contributed by atoms with Crippen molar-refractivity contribution >= 4 is 11.6 Å². The molecular weight excluding hydrogens is 174 g/mol. The zero-order valence-electron chi connectivity index (χ0n) is 6.55. The fourth-order valence-electron chi connectivity index (χ4n) is 2.02. The van der Waals surface area contributed by atoms with Gasteiger partial charge in [-0.1, -0.05) is 11.6 Å². The Morgan fingerprint density at radius 3 is 3.00 bits per heavy atom. The van der Waals surface area contributed by atoms with Gasteiger partial charge in [0.05, 0.1) is 12.2 Å². The molecule has 3 atom stereocenters. The molecule has 0 aromatic carbocycles. The van der Waals surface area contributed by atoms with E-state index in [1.165, 1.54) is 12.8 Å². The van der Waals surface area contributed by atoms with Gasteiger partial charge in [-0.3, -0.25) is 0 Å². The number of aromatic amines is 1. The third-order valence-corrected chi connectivity index (χ3v) is 2.96. The molecular formula is C8H10ClN3. The van der Waals surface area contributed by atoms with Crippen molar-refractivity contribution in [1.82, 2.24) is 15.3 Å². The molecule has 2 heterocycles. The van der Waals surface area contributed by atoms with Crippen LogP contribution in [0.3, 0.4) is 0 Å². The Kier molecular flexibility index (Phi) is 1.29. The van der Waals surface area contributed by atoms with Crippen LogP contribution in [0.4, 0.5) is 0 Å². The standard InChI is InChI=1S/C8H10ClN3/c9-7-3-10-8(12-7)6-2-4-1-5(4)11-6/h3-6,11H,1-2H2,(H,10,12)/t4-,5-,6+/m1/s1. The smallest absolute Gasteiger partial charge is 0.126 e. The number of aromatic nitrogens is 2. The van der Waals surface area contributed by atoms with Crippen LogP contribution in [0.25, 0.3) is 0 Å².